The fourth-order valence-corrected chi connectivity index (χ4v) is 28.6. The standard InChI is InChI=1S/C45H92O5Si3/c1-21-40(48-51(31(2)3,32(4)5)33(6)7)28-29-42-41(26-24-22-23-25-27-45(46)47-20)43(49-52(34(8)9,35(10)11)36(12)13)30-44(42)50-53(37(14)15,38(16)17)39(18)19/h22,24,31-44H,21,23,25-30H2,1-20H3/b24-22-/t40-,41-,42-,43+,44-/m1/s1. The summed E-state index contributed by atoms with van der Waals surface area (Å²) in [4.78, 5) is 11.8. The molecule has 0 bridgehead atoms. The average molecular weight is 797 g/mol. The lowest BCUT2D eigenvalue weighted by molar-refractivity contribution is -0.140. The van der Waals surface area contributed by atoms with Crippen LogP contribution in [0.4, 0.5) is 0 Å². The first kappa shape index (κ1) is 50.8. The van der Waals surface area contributed by atoms with Gasteiger partial charge in [0.05, 0.1) is 19.3 Å². The predicted octanol–water partition coefficient (Wildman–Crippen LogP) is 14.8. The molecule has 0 unspecified atom stereocenters. The molecule has 53 heavy (non-hydrogen) atoms. The molecule has 0 N–H and O–H groups in total. The van der Waals surface area contributed by atoms with E-state index in [0.717, 1.165) is 44.9 Å². The molecule has 1 saturated carbocycles. The van der Waals surface area contributed by atoms with E-state index in [4.69, 9.17) is 18.0 Å². The Morgan fingerprint density at radius 3 is 1.36 bits per heavy atom. The molecule has 5 nitrogen and oxygen atoms in total. The van der Waals surface area contributed by atoms with Crippen molar-refractivity contribution in [2.75, 3.05) is 7.11 Å². The van der Waals surface area contributed by atoms with Crippen LogP contribution >= 0.6 is 0 Å². The summed E-state index contributed by atoms with van der Waals surface area (Å²) in [6.45, 7) is 46.0. The molecule has 0 spiro atoms. The van der Waals surface area contributed by atoms with Crippen molar-refractivity contribution in [2.45, 2.75) is 251 Å². The normalized spacial score (nSPS) is 21.5. The van der Waals surface area contributed by atoms with Gasteiger partial charge in [-0.1, -0.05) is 144 Å². The monoisotopic (exact) mass is 797 g/mol. The maximum Gasteiger partial charge on any atom is 0.305 e. The van der Waals surface area contributed by atoms with Gasteiger partial charge in [0.15, 0.2) is 0 Å². The first-order valence-corrected chi connectivity index (χ1v) is 28.7. The minimum Gasteiger partial charge on any atom is -0.469 e. The molecular weight excluding hydrogens is 705 g/mol. The van der Waals surface area contributed by atoms with E-state index in [9.17, 15) is 4.79 Å². The number of unbranched alkanes of at least 4 members (excludes halogenated alkanes) is 1. The van der Waals surface area contributed by atoms with Crippen LogP contribution in [0.25, 0.3) is 0 Å². The Bertz CT molecular complexity index is 1000. The van der Waals surface area contributed by atoms with Gasteiger partial charge in [-0.25, -0.2) is 0 Å². The number of carbonyl (C=O) groups is 1. The molecule has 1 rings (SSSR count). The molecule has 0 aromatic heterocycles. The van der Waals surface area contributed by atoms with Crippen molar-refractivity contribution < 1.29 is 22.8 Å². The van der Waals surface area contributed by atoms with E-state index in [-0.39, 0.29) is 24.3 Å². The number of allylic oxidation sites excluding steroid dienone is 2. The maximum atomic E-state index is 11.8. The fourth-order valence-electron chi connectivity index (χ4n) is 11.7. The first-order valence-electron chi connectivity index (χ1n) is 22.3. The van der Waals surface area contributed by atoms with Crippen LogP contribution in [-0.4, -0.2) is 56.3 Å². The third-order valence-corrected chi connectivity index (χ3v) is 32.4. The zero-order chi connectivity index (χ0) is 41.1. The molecule has 0 saturated heterocycles. The molecule has 0 aromatic rings. The van der Waals surface area contributed by atoms with Gasteiger partial charge in [-0.05, 0) is 107 Å². The van der Waals surface area contributed by atoms with Gasteiger partial charge >= 0.3 is 5.97 Å². The lowest BCUT2D eigenvalue weighted by atomic mass is 9.86. The molecular formula is C45H92O5Si3. The number of ether oxygens (including phenoxy) is 1. The summed E-state index contributed by atoms with van der Waals surface area (Å²) in [6, 6.07) is 0. The minimum atomic E-state index is -2.16. The summed E-state index contributed by atoms with van der Waals surface area (Å²) in [6.07, 6.45) is 12.8. The topological polar surface area (TPSA) is 54.0 Å². The van der Waals surface area contributed by atoms with Crippen LogP contribution in [-0.2, 0) is 22.8 Å². The maximum absolute atomic E-state index is 11.8. The van der Waals surface area contributed by atoms with Crippen LogP contribution in [0, 0.1) is 11.8 Å². The molecule has 0 heterocycles. The number of methoxy groups -OCH3 is 1. The fraction of sp³-hybridized carbons (Fsp3) is 0.933. The Balaban J connectivity index is 3.84. The average Bonchev–Trinajstić information content (AvgIpc) is 3.36. The van der Waals surface area contributed by atoms with Gasteiger partial charge in [-0.2, -0.15) is 0 Å². The Labute approximate surface area is 334 Å². The van der Waals surface area contributed by atoms with Crippen LogP contribution in [0.5, 0.6) is 0 Å². The van der Waals surface area contributed by atoms with E-state index in [1.807, 2.05) is 0 Å². The van der Waals surface area contributed by atoms with Gasteiger partial charge in [0, 0.05) is 12.5 Å². The second kappa shape index (κ2) is 22.6. The zero-order valence-electron chi connectivity index (χ0n) is 38.9. The van der Waals surface area contributed by atoms with E-state index < -0.39 is 25.0 Å². The van der Waals surface area contributed by atoms with E-state index in [0.29, 0.717) is 68.1 Å². The molecule has 314 valence electrons. The molecule has 0 aliphatic heterocycles. The van der Waals surface area contributed by atoms with Crippen LogP contribution in [0.2, 0.25) is 49.9 Å². The summed E-state index contributed by atoms with van der Waals surface area (Å²) in [7, 11) is -4.86. The number of hydrogen-bond donors (Lipinski definition) is 0. The number of carbonyl (C=O) groups excluding carboxylic acids is 1. The highest BCUT2D eigenvalue weighted by Gasteiger charge is 2.55. The summed E-state index contributed by atoms with van der Waals surface area (Å²) < 4.78 is 28.1. The van der Waals surface area contributed by atoms with E-state index in [1.54, 1.807) is 0 Å². The Morgan fingerprint density at radius 2 is 1.00 bits per heavy atom. The number of esters is 1. The molecule has 8 heteroatoms. The second-order valence-electron chi connectivity index (χ2n) is 19.7. The van der Waals surface area contributed by atoms with E-state index in [2.05, 4.69) is 144 Å². The molecule has 0 aromatic carbocycles. The van der Waals surface area contributed by atoms with Crippen LogP contribution in [0.3, 0.4) is 0 Å². The third-order valence-electron chi connectivity index (χ3n) is 14.0. The SMILES string of the molecule is CC[C@H](CC[C@@H]1[C@@H](C/C=C\CCCC(=O)OC)[C@@H](O[Si](C(C)C)(C(C)C)C(C)C)C[C@H]1O[Si](C(C)C)(C(C)C)C(C)C)O[Si](C(C)C)(C(C)C)C(C)C. The predicted molar refractivity (Wildman–Crippen MR) is 239 cm³/mol. The first-order chi connectivity index (χ1) is 24.5. The van der Waals surface area contributed by atoms with Crippen LogP contribution < -0.4 is 0 Å². The zero-order valence-corrected chi connectivity index (χ0v) is 41.9. The van der Waals surface area contributed by atoms with Crippen LogP contribution in [0.1, 0.15) is 183 Å². The number of hydrogen-bond acceptors (Lipinski definition) is 5. The van der Waals surface area contributed by atoms with Crippen molar-refractivity contribution in [1.82, 2.24) is 0 Å². The van der Waals surface area contributed by atoms with Crippen molar-refractivity contribution in [3.8, 4) is 0 Å². The summed E-state index contributed by atoms with van der Waals surface area (Å²) in [5.41, 5.74) is 4.93. The van der Waals surface area contributed by atoms with Crippen LogP contribution in [0.15, 0.2) is 12.2 Å². The second-order valence-corrected chi connectivity index (χ2v) is 36.0. The van der Waals surface area contributed by atoms with Gasteiger partial charge in [-0.3, -0.25) is 4.79 Å². The largest absolute Gasteiger partial charge is 0.469 e. The highest BCUT2D eigenvalue weighted by Crippen LogP contribution is 2.52. The Morgan fingerprint density at radius 1 is 0.604 bits per heavy atom. The Hall–Kier alpha value is -0.259. The van der Waals surface area contributed by atoms with Gasteiger partial charge in [0.2, 0.25) is 25.0 Å². The van der Waals surface area contributed by atoms with E-state index >= 15 is 0 Å². The van der Waals surface area contributed by atoms with Crippen molar-refractivity contribution in [3.05, 3.63) is 12.2 Å². The molecule has 0 radical (unpaired) electrons. The molecule has 5 atom stereocenters. The smallest absolute Gasteiger partial charge is 0.305 e. The quantitative estimate of drug-likeness (QED) is 0.0399. The van der Waals surface area contributed by atoms with Gasteiger partial charge in [0.25, 0.3) is 0 Å². The van der Waals surface area contributed by atoms with Crippen molar-refractivity contribution >= 4 is 30.9 Å². The lowest BCUT2D eigenvalue weighted by Gasteiger charge is -2.46. The van der Waals surface area contributed by atoms with Gasteiger partial charge in [0.1, 0.15) is 0 Å². The molecule has 0 amide bonds. The van der Waals surface area contributed by atoms with Crippen molar-refractivity contribution in [3.63, 3.8) is 0 Å². The summed E-state index contributed by atoms with van der Waals surface area (Å²) in [5.74, 6) is 0.672. The van der Waals surface area contributed by atoms with Crippen molar-refractivity contribution in [2.24, 2.45) is 11.8 Å². The van der Waals surface area contributed by atoms with E-state index in [1.165, 1.54) is 7.11 Å². The van der Waals surface area contributed by atoms with Gasteiger partial charge in [-0.15, -0.1) is 0 Å². The minimum absolute atomic E-state index is 0.125. The van der Waals surface area contributed by atoms with Gasteiger partial charge < -0.3 is 18.0 Å². The molecule has 1 aliphatic carbocycles. The molecule has 1 aliphatic rings. The summed E-state index contributed by atoms with van der Waals surface area (Å²) in [5, 5.41) is 0. The highest BCUT2D eigenvalue weighted by molar-refractivity contribution is 6.78. The Kier molecular flexibility index (Phi) is 21.7. The van der Waals surface area contributed by atoms with Crippen molar-refractivity contribution in [1.29, 1.82) is 0 Å². The highest BCUT2D eigenvalue weighted by atomic mass is 28.4. The summed E-state index contributed by atoms with van der Waals surface area (Å²) >= 11 is 0. The number of rotatable bonds is 25. The lowest BCUT2D eigenvalue weighted by Crippen LogP contribution is -2.51. The third kappa shape index (κ3) is 12.1. The molecule has 1 fully saturated rings.